The lowest BCUT2D eigenvalue weighted by Crippen LogP contribution is -2.43. The Hall–Kier alpha value is -1.43. The summed E-state index contributed by atoms with van der Waals surface area (Å²) in [6.07, 6.45) is 13.3. The smallest absolute Gasteiger partial charge is 0.222 e. The van der Waals surface area contributed by atoms with Gasteiger partial charge >= 0.3 is 0 Å². The van der Waals surface area contributed by atoms with Crippen LogP contribution >= 0.6 is 11.6 Å². The van der Waals surface area contributed by atoms with Crippen LogP contribution in [0.25, 0.3) is 0 Å². The van der Waals surface area contributed by atoms with E-state index in [1.165, 1.54) is 32.1 Å². The van der Waals surface area contributed by atoms with Crippen molar-refractivity contribution in [3.05, 3.63) is 34.9 Å². The summed E-state index contributed by atoms with van der Waals surface area (Å²) in [5.41, 5.74) is 1.04. The van der Waals surface area contributed by atoms with Crippen molar-refractivity contribution < 1.29 is 14.3 Å². The maximum atomic E-state index is 13.5. The first-order valence-corrected chi connectivity index (χ1v) is 15.2. The van der Waals surface area contributed by atoms with Crippen LogP contribution in [0.2, 0.25) is 5.02 Å². The number of hydrogen-bond donors (Lipinski definition) is 1. The third-order valence-electron chi connectivity index (χ3n) is 8.25. The standard InChI is InChI=1S/C31H49ClN2O3/c1-3-4-15-29(35)16-18-37-31(26-12-8-14-28(32)21-26)27-13-9-17-34(23-27)30(36)20-25(22-33-2)19-24-10-6-5-7-11-24/h8,12,14,21,24-25,27,31,33H,3-7,9-11,13,15-20,22-23H2,1-2H3/t25-,27-,31+/m1/s1. The first kappa shape index (κ1) is 30.1. The van der Waals surface area contributed by atoms with Gasteiger partial charge in [0.2, 0.25) is 5.91 Å². The normalized spacial score (nSPS) is 20.5. The molecule has 1 amide bonds. The Bertz CT molecular complexity index is 826. The van der Waals surface area contributed by atoms with Gasteiger partial charge in [-0.15, -0.1) is 0 Å². The zero-order chi connectivity index (χ0) is 26.5. The van der Waals surface area contributed by atoms with Crippen LogP contribution in [0.4, 0.5) is 0 Å². The van der Waals surface area contributed by atoms with Gasteiger partial charge in [0.15, 0.2) is 0 Å². The van der Waals surface area contributed by atoms with Gasteiger partial charge in [-0.3, -0.25) is 9.59 Å². The van der Waals surface area contributed by atoms with Gasteiger partial charge in [0.05, 0.1) is 12.7 Å². The fourth-order valence-corrected chi connectivity index (χ4v) is 6.47. The maximum Gasteiger partial charge on any atom is 0.222 e. The van der Waals surface area contributed by atoms with E-state index in [0.717, 1.165) is 56.7 Å². The van der Waals surface area contributed by atoms with Crippen molar-refractivity contribution in [1.82, 2.24) is 10.2 Å². The van der Waals surface area contributed by atoms with Gasteiger partial charge < -0.3 is 15.0 Å². The molecule has 5 nitrogen and oxygen atoms in total. The van der Waals surface area contributed by atoms with E-state index in [-0.39, 0.29) is 23.7 Å². The van der Waals surface area contributed by atoms with Crippen molar-refractivity contribution in [3.8, 4) is 0 Å². The summed E-state index contributed by atoms with van der Waals surface area (Å²) in [6, 6.07) is 7.86. The molecular weight excluding hydrogens is 484 g/mol. The number of hydrogen-bond acceptors (Lipinski definition) is 4. The highest BCUT2D eigenvalue weighted by Gasteiger charge is 2.32. The monoisotopic (exact) mass is 532 g/mol. The second kappa shape index (κ2) is 16.5. The van der Waals surface area contributed by atoms with Crippen LogP contribution in [0.5, 0.6) is 0 Å². The minimum Gasteiger partial charge on any atom is -0.373 e. The molecule has 37 heavy (non-hydrogen) atoms. The number of ketones is 1. The molecule has 1 saturated carbocycles. The topological polar surface area (TPSA) is 58.6 Å². The molecule has 1 N–H and O–H groups in total. The van der Waals surface area contributed by atoms with E-state index in [2.05, 4.69) is 23.2 Å². The van der Waals surface area contributed by atoms with Crippen LogP contribution < -0.4 is 5.32 Å². The molecule has 0 bridgehead atoms. The van der Waals surface area contributed by atoms with Crippen LogP contribution in [-0.2, 0) is 14.3 Å². The van der Waals surface area contributed by atoms with Crippen molar-refractivity contribution in [2.75, 3.05) is 33.3 Å². The van der Waals surface area contributed by atoms with Crippen molar-refractivity contribution >= 4 is 23.3 Å². The number of halogens is 1. The molecule has 0 aromatic heterocycles. The number of nitrogens with one attached hydrogen (secondary N) is 1. The van der Waals surface area contributed by atoms with Crippen molar-refractivity contribution in [1.29, 1.82) is 0 Å². The fraction of sp³-hybridized carbons (Fsp3) is 0.742. The molecule has 0 unspecified atom stereocenters. The lowest BCUT2D eigenvalue weighted by atomic mass is 9.81. The number of likely N-dealkylation sites (tertiary alicyclic amines) is 1. The molecule has 1 aliphatic heterocycles. The largest absolute Gasteiger partial charge is 0.373 e. The summed E-state index contributed by atoms with van der Waals surface area (Å²) in [5.74, 6) is 1.91. The fourth-order valence-electron chi connectivity index (χ4n) is 6.27. The summed E-state index contributed by atoms with van der Waals surface area (Å²) in [6.45, 7) is 4.94. The number of nitrogens with zero attached hydrogens (tertiary/aromatic N) is 1. The van der Waals surface area contributed by atoms with Gasteiger partial charge in [0.25, 0.3) is 0 Å². The maximum absolute atomic E-state index is 13.5. The van der Waals surface area contributed by atoms with E-state index in [9.17, 15) is 9.59 Å². The Kier molecular flexibility index (Phi) is 13.4. The van der Waals surface area contributed by atoms with Crippen molar-refractivity contribution in [2.24, 2.45) is 17.8 Å². The summed E-state index contributed by atoms with van der Waals surface area (Å²) >= 11 is 6.34. The Morgan fingerprint density at radius 1 is 1.14 bits per heavy atom. The number of carbonyl (C=O) groups is 2. The number of unbranched alkanes of at least 4 members (excludes halogenated alkanes) is 1. The number of ether oxygens (including phenoxy) is 1. The molecule has 1 heterocycles. The molecule has 1 aromatic carbocycles. The van der Waals surface area contributed by atoms with E-state index < -0.39 is 0 Å². The number of Topliss-reactive ketones (excluding diaryl/α,β-unsaturated/α-hetero) is 1. The average molecular weight is 533 g/mol. The first-order valence-electron chi connectivity index (χ1n) is 14.8. The molecule has 208 valence electrons. The van der Waals surface area contributed by atoms with Crippen molar-refractivity contribution in [2.45, 2.75) is 96.5 Å². The highest BCUT2D eigenvalue weighted by Crippen LogP contribution is 2.35. The Labute approximate surface area is 230 Å². The van der Waals surface area contributed by atoms with Gasteiger partial charge in [-0.25, -0.2) is 0 Å². The van der Waals surface area contributed by atoms with Gasteiger partial charge in [-0.1, -0.05) is 69.2 Å². The predicted molar refractivity (Wildman–Crippen MR) is 152 cm³/mol. The first-order chi connectivity index (χ1) is 18.0. The molecule has 1 aliphatic carbocycles. The summed E-state index contributed by atoms with van der Waals surface area (Å²) in [7, 11) is 2.00. The number of benzene rings is 1. The molecule has 2 aliphatic rings. The third-order valence-corrected chi connectivity index (χ3v) is 8.49. The minimum atomic E-state index is -0.163. The second-order valence-corrected chi connectivity index (χ2v) is 11.8. The zero-order valence-corrected chi connectivity index (χ0v) is 23.9. The van der Waals surface area contributed by atoms with E-state index in [4.69, 9.17) is 16.3 Å². The number of rotatable bonds is 15. The van der Waals surface area contributed by atoms with Gasteiger partial charge in [-0.2, -0.15) is 0 Å². The number of carbonyl (C=O) groups excluding carboxylic acids is 2. The Morgan fingerprint density at radius 2 is 1.95 bits per heavy atom. The summed E-state index contributed by atoms with van der Waals surface area (Å²) < 4.78 is 6.39. The predicted octanol–water partition coefficient (Wildman–Crippen LogP) is 6.98. The molecule has 2 fully saturated rings. The third kappa shape index (κ3) is 10.3. The van der Waals surface area contributed by atoms with Crippen LogP contribution in [-0.4, -0.2) is 49.9 Å². The highest BCUT2D eigenvalue weighted by atomic mass is 35.5. The second-order valence-electron chi connectivity index (χ2n) is 11.3. The van der Waals surface area contributed by atoms with Crippen molar-refractivity contribution in [3.63, 3.8) is 0 Å². The minimum absolute atomic E-state index is 0.163. The zero-order valence-electron chi connectivity index (χ0n) is 23.2. The lowest BCUT2D eigenvalue weighted by molar-refractivity contribution is -0.135. The van der Waals surface area contributed by atoms with Gasteiger partial charge in [-0.05, 0) is 68.8 Å². The molecular formula is C31H49ClN2O3. The van der Waals surface area contributed by atoms with Crippen LogP contribution in [0.3, 0.4) is 0 Å². The molecule has 0 radical (unpaired) electrons. The summed E-state index contributed by atoms with van der Waals surface area (Å²) in [5, 5.41) is 4.02. The number of piperidine rings is 1. The molecule has 1 saturated heterocycles. The average Bonchev–Trinajstić information content (AvgIpc) is 2.90. The SMILES string of the molecule is CCCCC(=O)CCO[C@@H](c1cccc(Cl)c1)[C@@H]1CCCN(C(=O)C[C@H](CNC)CC2CCCCC2)C1. The van der Waals surface area contributed by atoms with Crippen LogP contribution in [0, 0.1) is 17.8 Å². The molecule has 3 rings (SSSR count). The molecule has 1 aromatic rings. The van der Waals surface area contributed by atoms with Gasteiger partial charge in [0, 0.05) is 43.3 Å². The van der Waals surface area contributed by atoms with E-state index >= 15 is 0 Å². The van der Waals surface area contributed by atoms with E-state index in [1.54, 1.807) is 0 Å². The Morgan fingerprint density at radius 3 is 2.68 bits per heavy atom. The molecule has 3 atom stereocenters. The molecule has 0 spiro atoms. The van der Waals surface area contributed by atoms with E-state index in [1.807, 2.05) is 25.2 Å². The lowest BCUT2D eigenvalue weighted by Gasteiger charge is -2.38. The van der Waals surface area contributed by atoms with Crippen LogP contribution in [0.1, 0.15) is 102 Å². The molecule has 6 heteroatoms. The number of amides is 1. The van der Waals surface area contributed by atoms with Gasteiger partial charge in [0.1, 0.15) is 5.78 Å². The van der Waals surface area contributed by atoms with Crippen LogP contribution in [0.15, 0.2) is 24.3 Å². The highest BCUT2D eigenvalue weighted by molar-refractivity contribution is 6.30. The van der Waals surface area contributed by atoms with E-state index in [0.29, 0.717) is 43.4 Å². The quantitative estimate of drug-likeness (QED) is 0.264. The Balaban J connectivity index is 1.62. The summed E-state index contributed by atoms with van der Waals surface area (Å²) in [4.78, 5) is 27.8.